The summed E-state index contributed by atoms with van der Waals surface area (Å²) in [5.41, 5.74) is 4.15. The summed E-state index contributed by atoms with van der Waals surface area (Å²) in [7, 11) is 0. The predicted octanol–water partition coefficient (Wildman–Crippen LogP) is 0.931. The lowest BCUT2D eigenvalue weighted by atomic mass is 10.1. The van der Waals surface area contributed by atoms with E-state index in [-0.39, 0.29) is 12.5 Å². The summed E-state index contributed by atoms with van der Waals surface area (Å²) < 4.78 is 1.69. The highest BCUT2D eigenvalue weighted by Gasteiger charge is 2.15. The molecule has 0 saturated carbocycles. The van der Waals surface area contributed by atoms with Crippen LogP contribution in [0.3, 0.4) is 0 Å². The Bertz CT molecular complexity index is 1070. The number of nitrogens with one attached hydrogen (secondary N) is 2. The normalized spacial score (nSPS) is 12.4. The van der Waals surface area contributed by atoms with Crippen molar-refractivity contribution in [2.45, 2.75) is 6.10 Å². The van der Waals surface area contributed by atoms with Crippen LogP contribution in [0.5, 0.6) is 0 Å². The van der Waals surface area contributed by atoms with Gasteiger partial charge in [0, 0.05) is 41.8 Å². The summed E-state index contributed by atoms with van der Waals surface area (Å²) in [6.45, 7) is -0.400. The van der Waals surface area contributed by atoms with Crippen molar-refractivity contribution < 1.29 is 15.0 Å². The van der Waals surface area contributed by atoms with Crippen molar-refractivity contribution in [3.63, 3.8) is 0 Å². The van der Waals surface area contributed by atoms with Gasteiger partial charge in [-0.15, -0.1) is 11.3 Å². The number of hydrogen-bond donors (Lipinski definition) is 4. The lowest BCUT2D eigenvalue weighted by Gasteiger charge is -2.07. The van der Waals surface area contributed by atoms with Crippen LogP contribution < -0.4 is 5.32 Å². The van der Waals surface area contributed by atoms with E-state index in [2.05, 4.69) is 25.6 Å². The van der Waals surface area contributed by atoms with Crippen LogP contribution in [0.15, 0.2) is 42.4 Å². The number of aromatic nitrogens is 5. The standard InChI is InChI=1S/C17H16N6O3S/c24-8-13(25)5-19-17(26)15-1-10(9-27-15)14-6-22-23-7-12(2-18-16(14)23)11-3-20-21-4-11/h1-4,6-7,9,13,24-25H,5,8H2,(H,19,26)(H,20,21). The van der Waals surface area contributed by atoms with Gasteiger partial charge < -0.3 is 15.5 Å². The molecule has 1 atom stereocenters. The Kier molecular flexibility index (Phi) is 4.67. The van der Waals surface area contributed by atoms with Gasteiger partial charge >= 0.3 is 0 Å². The zero-order valence-corrected chi connectivity index (χ0v) is 14.8. The average Bonchev–Trinajstić information content (AvgIpc) is 3.44. The molecule has 138 valence electrons. The Hall–Kier alpha value is -3.08. The highest BCUT2D eigenvalue weighted by atomic mass is 32.1. The Morgan fingerprint density at radius 1 is 1.30 bits per heavy atom. The Labute approximate surface area is 157 Å². The zero-order chi connectivity index (χ0) is 18.8. The zero-order valence-electron chi connectivity index (χ0n) is 14.0. The predicted molar refractivity (Wildman–Crippen MR) is 99.3 cm³/mol. The van der Waals surface area contributed by atoms with Crippen LogP contribution in [-0.2, 0) is 0 Å². The molecule has 4 aromatic rings. The molecule has 4 aromatic heterocycles. The number of rotatable bonds is 6. The number of carbonyl (C=O) groups excluding carboxylic acids is 1. The number of nitrogens with zero attached hydrogens (tertiary/aromatic N) is 4. The SMILES string of the molecule is O=C(NCC(O)CO)c1cc(-c2cnn3cc(-c4cn[nH]c4)cnc23)cs1. The minimum absolute atomic E-state index is 0.00236. The van der Waals surface area contributed by atoms with E-state index in [9.17, 15) is 9.90 Å². The summed E-state index contributed by atoms with van der Waals surface area (Å²) in [4.78, 5) is 17.2. The number of aliphatic hydroxyl groups is 2. The van der Waals surface area contributed by atoms with Crippen LogP contribution >= 0.6 is 11.3 Å². The van der Waals surface area contributed by atoms with Gasteiger partial charge in [0.05, 0.1) is 30.0 Å². The molecule has 0 aliphatic rings. The van der Waals surface area contributed by atoms with Crippen LogP contribution in [0, 0.1) is 0 Å². The smallest absolute Gasteiger partial charge is 0.261 e. The van der Waals surface area contributed by atoms with E-state index in [1.165, 1.54) is 11.3 Å². The van der Waals surface area contributed by atoms with E-state index in [1.807, 2.05) is 11.6 Å². The topological polar surface area (TPSA) is 128 Å². The second-order valence-electron chi connectivity index (χ2n) is 5.90. The second-order valence-corrected chi connectivity index (χ2v) is 6.81. The van der Waals surface area contributed by atoms with Crippen molar-refractivity contribution in [1.29, 1.82) is 0 Å². The van der Waals surface area contributed by atoms with Crippen LogP contribution in [0.4, 0.5) is 0 Å². The minimum Gasteiger partial charge on any atom is -0.394 e. The van der Waals surface area contributed by atoms with Crippen molar-refractivity contribution in [3.8, 4) is 22.3 Å². The second kappa shape index (κ2) is 7.27. The summed E-state index contributed by atoms with van der Waals surface area (Å²) >= 11 is 1.29. The van der Waals surface area contributed by atoms with E-state index in [0.717, 1.165) is 22.3 Å². The Morgan fingerprint density at radius 3 is 2.96 bits per heavy atom. The molecular formula is C17H16N6O3S. The number of hydrogen-bond acceptors (Lipinski definition) is 7. The molecule has 0 aliphatic carbocycles. The quantitative estimate of drug-likeness (QED) is 0.391. The van der Waals surface area contributed by atoms with E-state index < -0.39 is 12.7 Å². The number of fused-ring (bicyclic) bond motifs is 1. The Morgan fingerprint density at radius 2 is 2.19 bits per heavy atom. The van der Waals surface area contributed by atoms with Crippen molar-refractivity contribution in [2.75, 3.05) is 13.2 Å². The Balaban J connectivity index is 1.58. The molecule has 0 aliphatic heterocycles. The van der Waals surface area contributed by atoms with Crippen LogP contribution in [-0.4, -0.2) is 60.2 Å². The molecule has 0 saturated heterocycles. The van der Waals surface area contributed by atoms with Gasteiger partial charge in [0.1, 0.15) is 0 Å². The van der Waals surface area contributed by atoms with Gasteiger partial charge in [0.25, 0.3) is 5.91 Å². The molecule has 0 fully saturated rings. The fourth-order valence-corrected chi connectivity index (χ4v) is 3.42. The maximum absolute atomic E-state index is 12.1. The third-order valence-corrected chi connectivity index (χ3v) is 4.96. The molecule has 1 amide bonds. The van der Waals surface area contributed by atoms with Gasteiger partial charge in [-0.2, -0.15) is 10.2 Å². The molecule has 27 heavy (non-hydrogen) atoms. The van der Waals surface area contributed by atoms with Gasteiger partial charge in [-0.25, -0.2) is 9.50 Å². The first-order chi connectivity index (χ1) is 13.2. The van der Waals surface area contributed by atoms with E-state index in [1.54, 1.807) is 35.4 Å². The molecule has 10 heteroatoms. The lowest BCUT2D eigenvalue weighted by Crippen LogP contribution is -2.33. The third-order valence-electron chi connectivity index (χ3n) is 4.03. The largest absolute Gasteiger partial charge is 0.394 e. The summed E-state index contributed by atoms with van der Waals surface area (Å²) in [5, 5.41) is 33.6. The molecular weight excluding hydrogens is 368 g/mol. The van der Waals surface area contributed by atoms with Gasteiger partial charge in [-0.05, 0) is 17.0 Å². The van der Waals surface area contributed by atoms with E-state index >= 15 is 0 Å². The van der Waals surface area contributed by atoms with E-state index in [4.69, 9.17) is 5.11 Å². The number of amides is 1. The van der Waals surface area contributed by atoms with Crippen molar-refractivity contribution in [1.82, 2.24) is 30.1 Å². The fraction of sp³-hybridized carbons (Fsp3) is 0.176. The molecule has 9 nitrogen and oxygen atoms in total. The number of aromatic amines is 1. The highest BCUT2D eigenvalue weighted by Crippen LogP contribution is 2.29. The van der Waals surface area contributed by atoms with Crippen molar-refractivity contribution >= 4 is 22.9 Å². The first-order valence-electron chi connectivity index (χ1n) is 8.14. The molecule has 0 radical (unpaired) electrons. The van der Waals surface area contributed by atoms with Crippen molar-refractivity contribution in [3.05, 3.63) is 47.3 Å². The highest BCUT2D eigenvalue weighted by molar-refractivity contribution is 7.12. The van der Waals surface area contributed by atoms with Gasteiger partial charge in [-0.1, -0.05) is 0 Å². The number of aliphatic hydroxyl groups excluding tert-OH is 2. The maximum atomic E-state index is 12.1. The monoisotopic (exact) mass is 384 g/mol. The molecule has 0 bridgehead atoms. The summed E-state index contributed by atoms with van der Waals surface area (Å²) in [6, 6.07) is 1.76. The van der Waals surface area contributed by atoms with Crippen molar-refractivity contribution in [2.24, 2.45) is 0 Å². The third kappa shape index (κ3) is 3.45. The maximum Gasteiger partial charge on any atom is 0.261 e. The summed E-state index contributed by atoms with van der Waals surface area (Å²) in [6.07, 6.45) is 7.85. The van der Waals surface area contributed by atoms with Gasteiger partial charge in [0.15, 0.2) is 5.65 Å². The molecule has 4 N–H and O–H groups in total. The number of H-pyrrole nitrogens is 1. The molecule has 0 aromatic carbocycles. The fourth-order valence-electron chi connectivity index (χ4n) is 2.59. The molecule has 1 unspecified atom stereocenters. The first-order valence-corrected chi connectivity index (χ1v) is 9.02. The minimum atomic E-state index is -0.971. The average molecular weight is 384 g/mol. The van der Waals surface area contributed by atoms with Gasteiger partial charge in [0.2, 0.25) is 0 Å². The first kappa shape index (κ1) is 17.3. The molecule has 4 heterocycles. The lowest BCUT2D eigenvalue weighted by molar-refractivity contribution is 0.0804. The van der Waals surface area contributed by atoms with Crippen LogP contribution in [0.1, 0.15) is 9.67 Å². The van der Waals surface area contributed by atoms with Gasteiger partial charge in [-0.3, -0.25) is 9.89 Å². The van der Waals surface area contributed by atoms with Crippen LogP contribution in [0.2, 0.25) is 0 Å². The number of carbonyl (C=O) groups is 1. The number of thiophene rings is 1. The van der Waals surface area contributed by atoms with E-state index in [0.29, 0.717) is 10.5 Å². The summed E-state index contributed by atoms with van der Waals surface area (Å²) in [5.74, 6) is -0.301. The molecule has 4 rings (SSSR count). The van der Waals surface area contributed by atoms with Crippen LogP contribution in [0.25, 0.3) is 27.9 Å². The molecule has 0 spiro atoms.